The zero-order chi connectivity index (χ0) is 16.1. The number of rotatable bonds is 4. The van der Waals surface area contributed by atoms with E-state index in [1.807, 2.05) is 0 Å². The Hall–Kier alpha value is -1.42. The molecule has 4 fully saturated rings. The Morgan fingerprint density at radius 1 is 1.22 bits per heavy atom. The van der Waals surface area contributed by atoms with Crippen LogP contribution in [0.5, 0.6) is 0 Å². The Bertz CT molecular complexity index is 616. The van der Waals surface area contributed by atoms with E-state index in [-0.39, 0.29) is 23.7 Å². The van der Waals surface area contributed by atoms with Crippen molar-refractivity contribution in [3.63, 3.8) is 0 Å². The van der Waals surface area contributed by atoms with Crippen LogP contribution in [0, 0.1) is 23.1 Å². The summed E-state index contributed by atoms with van der Waals surface area (Å²) in [6, 6.07) is 6.54. The van der Waals surface area contributed by atoms with E-state index in [1.165, 1.54) is 12.5 Å². The molecule has 4 saturated carbocycles. The minimum atomic E-state index is -0.532. The zero-order valence-corrected chi connectivity index (χ0v) is 13.4. The second-order valence-corrected chi connectivity index (χ2v) is 8.23. The van der Waals surface area contributed by atoms with Crippen LogP contribution in [0.15, 0.2) is 24.3 Å². The van der Waals surface area contributed by atoms with Gasteiger partial charge < -0.3 is 10.4 Å². The first kappa shape index (κ1) is 15.1. The van der Waals surface area contributed by atoms with Gasteiger partial charge in [0.2, 0.25) is 5.91 Å². The lowest BCUT2D eigenvalue weighted by Gasteiger charge is -2.60. The van der Waals surface area contributed by atoms with E-state index in [0.717, 1.165) is 32.1 Å². The molecule has 0 aromatic heterocycles. The molecule has 3 nitrogen and oxygen atoms in total. The number of carbonyl (C=O) groups excluding carboxylic acids is 1. The highest BCUT2D eigenvalue weighted by atomic mass is 19.1. The third-order valence-corrected chi connectivity index (χ3v) is 6.12. The van der Waals surface area contributed by atoms with Gasteiger partial charge in [0.25, 0.3) is 0 Å². The molecule has 5 rings (SSSR count). The zero-order valence-electron chi connectivity index (χ0n) is 13.4. The van der Waals surface area contributed by atoms with Crippen molar-refractivity contribution in [1.29, 1.82) is 0 Å². The molecular formula is C19H24FNO2. The van der Waals surface area contributed by atoms with E-state index < -0.39 is 5.60 Å². The molecule has 1 aromatic rings. The van der Waals surface area contributed by atoms with Gasteiger partial charge in [-0.1, -0.05) is 18.2 Å². The van der Waals surface area contributed by atoms with Gasteiger partial charge in [-0.3, -0.25) is 4.79 Å². The Morgan fingerprint density at radius 3 is 2.57 bits per heavy atom. The minimum Gasteiger partial charge on any atom is -0.390 e. The molecule has 1 amide bonds. The van der Waals surface area contributed by atoms with Crippen molar-refractivity contribution < 1.29 is 14.3 Å². The topological polar surface area (TPSA) is 49.3 Å². The van der Waals surface area contributed by atoms with Crippen LogP contribution >= 0.6 is 0 Å². The minimum absolute atomic E-state index is 0.0150. The highest BCUT2D eigenvalue weighted by molar-refractivity contribution is 5.76. The van der Waals surface area contributed by atoms with Crippen LogP contribution in [-0.4, -0.2) is 16.6 Å². The molecule has 2 unspecified atom stereocenters. The molecule has 4 aliphatic rings. The van der Waals surface area contributed by atoms with E-state index in [0.29, 0.717) is 23.8 Å². The van der Waals surface area contributed by atoms with Gasteiger partial charge >= 0.3 is 0 Å². The Balaban J connectivity index is 1.40. The summed E-state index contributed by atoms with van der Waals surface area (Å²) in [5.74, 6) is 0.872. The van der Waals surface area contributed by atoms with Crippen LogP contribution in [0.3, 0.4) is 0 Å². The summed E-state index contributed by atoms with van der Waals surface area (Å²) < 4.78 is 13.6. The molecular weight excluding hydrogens is 293 g/mol. The number of nitrogens with one attached hydrogen (secondary N) is 1. The fourth-order valence-corrected chi connectivity index (χ4v) is 5.85. The smallest absolute Gasteiger partial charge is 0.220 e. The second kappa shape index (κ2) is 5.30. The first-order chi connectivity index (χ1) is 11.0. The lowest BCUT2D eigenvalue weighted by atomic mass is 9.47. The predicted molar refractivity (Wildman–Crippen MR) is 84.9 cm³/mol. The quantitative estimate of drug-likeness (QED) is 0.896. The molecule has 4 heteroatoms. The summed E-state index contributed by atoms with van der Waals surface area (Å²) >= 11 is 0. The highest BCUT2D eigenvalue weighted by Crippen LogP contribution is 2.62. The van der Waals surface area contributed by atoms with Crippen molar-refractivity contribution in [1.82, 2.24) is 5.32 Å². The molecule has 2 atom stereocenters. The van der Waals surface area contributed by atoms with Crippen LogP contribution in [0.2, 0.25) is 0 Å². The molecule has 0 spiro atoms. The fourth-order valence-electron chi connectivity index (χ4n) is 5.85. The van der Waals surface area contributed by atoms with Crippen molar-refractivity contribution in [2.24, 2.45) is 17.3 Å². The summed E-state index contributed by atoms with van der Waals surface area (Å²) in [4.78, 5) is 12.4. The molecule has 0 saturated heterocycles. The Labute approximate surface area is 136 Å². The van der Waals surface area contributed by atoms with Gasteiger partial charge in [-0.2, -0.15) is 0 Å². The highest BCUT2D eigenvalue weighted by Gasteiger charge is 2.57. The molecule has 2 N–H and O–H groups in total. The number of hydrogen-bond donors (Lipinski definition) is 2. The summed E-state index contributed by atoms with van der Waals surface area (Å²) in [5, 5.41) is 13.6. The average molecular weight is 317 g/mol. The maximum Gasteiger partial charge on any atom is 0.220 e. The van der Waals surface area contributed by atoms with E-state index in [9.17, 15) is 14.3 Å². The number of carbonyl (C=O) groups is 1. The summed E-state index contributed by atoms with van der Waals surface area (Å²) in [5.41, 5.74) is -0.0429. The van der Waals surface area contributed by atoms with Gasteiger partial charge in [-0.25, -0.2) is 4.39 Å². The molecule has 23 heavy (non-hydrogen) atoms. The maximum atomic E-state index is 13.6. The van der Waals surface area contributed by atoms with Gasteiger partial charge in [-0.15, -0.1) is 0 Å². The fraction of sp³-hybridized carbons (Fsp3) is 0.632. The van der Waals surface area contributed by atoms with Crippen LogP contribution < -0.4 is 5.32 Å². The number of halogens is 1. The molecule has 0 radical (unpaired) electrons. The molecule has 0 aliphatic heterocycles. The number of hydrogen-bond acceptors (Lipinski definition) is 2. The third kappa shape index (κ3) is 2.89. The van der Waals surface area contributed by atoms with Crippen molar-refractivity contribution in [3.8, 4) is 0 Å². The van der Waals surface area contributed by atoms with E-state index in [4.69, 9.17) is 0 Å². The van der Waals surface area contributed by atoms with Gasteiger partial charge in [0.15, 0.2) is 0 Å². The standard InChI is InChI=1S/C19H24FNO2/c20-16-4-2-1-3-15(16)11-21-17(22)10-18-6-13-5-14(7-18)9-19(23,8-13)12-18/h1-4,13-14,23H,5-12H2,(H,21,22). The SMILES string of the molecule is O=C(CC12CC3CC(CC(O)(C3)C1)C2)NCc1ccccc1F. The molecule has 4 aliphatic carbocycles. The van der Waals surface area contributed by atoms with Crippen LogP contribution in [0.25, 0.3) is 0 Å². The van der Waals surface area contributed by atoms with Crippen molar-refractivity contribution in [2.75, 3.05) is 0 Å². The lowest BCUT2D eigenvalue weighted by molar-refractivity contribution is -0.169. The molecule has 1 aromatic carbocycles. The monoisotopic (exact) mass is 317 g/mol. The number of benzene rings is 1. The Kier molecular flexibility index (Phi) is 3.49. The largest absolute Gasteiger partial charge is 0.390 e. The van der Waals surface area contributed by atoms with Crippen LogP contribution in [-0.2, 0) is 11.3 Å². The maximum absolute atomic E-state index is 13.6. The summed E-state index contributed by atoms with van der Waals surface area (Å²) in [7, 11) is 0. The predicted octanol–water partition coefficient (Wildman–Crippen LogP) is 3.16. The van der Waals surface area contributed by atoms with Crippen molar-refractivity contribution in [3.05, 3.63) is 35.6 Å². The normalized spacial score (nSPS) is 37.8. The number of aliphatic hydroxyl groups is 1. The Morgan fingerprint density at radius 2 is 1.91 bits per heavy atom. The van der Waals surface area contributed by atoms with Gasteiger partial charge in [-0.05, 0) is 61.8 Å². The second-order valence-electron chi connectivity index (χ2n) is 8.23. The van der Waals surface area contributed by atoms with Crippen LogP contribution in [0.4, 0.5) is 4.39 Å². The van der Waals surface area contributed by atoms with Gasteiger partial charge in [0, 0.05) is 18.5 Å². The van der Waals surface area contributed by atoms with E-state index >= 15 is 0 Å². The lowest BCUT2D eigenvalue weighted by Crippen LogP contribution is -2.56. The summed E-state index contributed by atoms with van der Waals surface area (Å²) in [6.45, 7) is 0.235. The van der Waals surface area contributed by atoms with Gasteiger partial charge in [0.1, 0.15) is 5.82 Å². The average Bonchev–Trinajstić information content (AvgIpc) is 2.43. The van der Waals surface area contributed by atoms with Crippen molar-refractivity contribution >= 4 is 5.91 Å². The van der Waals surface area contributed by atoms with Gasteiger partial charge in [0.05, 0.1) is 5.60 Å². The van der Waals surface area contributed by atoms with Crippen LogP contribution in [0.1, 0.15) is 50.5 Å². The molecule has 4 bridgehead atoms. The third-order valence-electron chi connectivity index (χ3n) is 6.12. The van der Waals surface area contributed by atoms with E-state index in [2.05, 4.69) is 5.32 Å². The van der Waals surface area contributed by atoms with E-state index in [1.54, 1.807) is 18.2 Å². The summed E-state index contributed by atoms with van der Waals surface area (Å²) in [6.07, 6.45) is 6.43. The molecule has 0 heterocycles. The first-order valence-corrected chi connectivity index (χ1v) is 8.68. The van der Waals surface area contributed by atoms with Crippen molar-refractivity contribution in [2.45, 2.75) is 57.1 Å². The first-order valence-electron chi connectivity index (χ1n) is 8.68. The number of amides is 1. The molecule has 124 valence electrons.